The molecule has 1 unspecified atom stereocenters. The van der Waals surface area contributed by atoms with Crippen LogP contribution in [0.5, 0.6) is 0 Å². The molecule has 3 aromatic rings. The molecule has 7 nitrogen and oxygen atoms in total. The van der Waals surface area contributed by atoms with Crippen molar-refractivity contribution in [3.05, 3.63) is 82.8 Å². The molecule has 0 saturated heterocycles. The number of aliphatic hydroxyl groups excluding tert-OH is 1. The minimum absolute atomic E-state index is 0.172. The highest BCUT2D eigenvalue weighted by molar-refractivity contribution is 6.05. The van der Waals surface area contributed by atoms with Gasteiger partial charge < -0.3 is 10.4 Å². The van der Waals surface area contributed by atoms with Crippen LogP contribution in [-0.4, -0.2) is 36.9 Å². The Morgan fingerprint density at radius 1 is 1.22 bits per heavy atom. The third kappa shape index (κ3) is 5.08. The van der Waals surface area contributed by atoms with Gasteiger partial charge in [0.25, 0.3) is 11.8 Å². The number of carbonyl (C=O) groups excluding carboxylic acids is 1. The lowest BCUT2D eigenvalue weighted by atomic mass is 9.93. The number of allylic oxidation sites excluding steroid dienone is 3. The van der Waals surface area contributed by atoms with E-state index in [-0.39, 0.29) is 17.5 Å². The molecule has 1 atom stereocenters. The van der Waals surface area contributed by atoms with E-state index in [1.165, 1.54) is 19.2 Å². The first kappa shape index (κ1) is 25.3. The number of aliphatic hydroxyl groups is 1. The lowest BCUT2D eigenvalue weighted by molar-refractivity contribution is 0.0512. The fourth-order valence-corrected chi connectivity index (χ4v) is 4.13. The van der Waals surface area contributed by atoms with E-state index in [9.17, 15) is 23.1 Å². The van der Waals surface area contributed by atoms with Gasteiger partial charge >= 0.3 is 0 Å². The summed E-state index contributed by atoms with van der Waals surface area (Å²) in [7, 11) is 0. The first-order valence-corrected chi connectivity index (χ1v) is 11.5. The zero-order chi connectivity index (χ0) is 26.0. The lowest BCUT2D eigenvalue weighted by Gasteiger charge is -2.18. The molecular formula is C26H26F3N5O2. The highest BCUT2D eigenvalue weighted by atomic mass is 19.3. The molecule has 0 fully saturated rings. The normalized spacial score (nSPS) is 16.3. The van der Waals surface area contributed by atoms with Crippen LogP contribution in [0, 0.1) is 19.7 Å². The number of rotatable bonds is 6. The number of alkyl halides is 2. The highest BCUT2D eigenvalue weighted by Gasteiger charge is 2.30. The molecule has 0 aromatic carbocycles. The van der Waals surface area contributed by atoms with Crippen molar-refractivity contribution >= 4 is 17.2 Å². The molecule has 1 amide bonds. The number of aryl methyl sites for hydroxylation is 1. The predicted molar refractivity (Wildman–Crippen MR) is 130 cm³/mol. The summed E-state index contributed by atoms with van der Waals surface area (Å²) in [6.45, 7) is 4.89. The predicted octanol–water partition coefficient (Wildman–Crippen LogP) is 5.27. The van der Waals surface area contributed by atoms with Gasteiger partial charge in [-0.1, -0.05) is 12.2 Å². The van der Waals surface area contributed by atoms with Crippen LogP contribution in [-0.2, 0) is 5.92 Å². The molecule has 0 spiro atoms. The second-order valence-corrected chi connectivity index (χ2v) is 8.71. The lowest BCUT2D eigenvalue weighted by Crippen LogP contribution is -2.15. The van der Waals surface area contributed by atoms with Gasteiger partial charge in [-0.15, -0.1) is 0 Å². The number of amides is 1. The van der Waals surface area contributed by atoms with Crippen LogP contribution >= 0.6 is 0 Å². The van der Waals surface area contributed by atoms with Crippen LogP contribution < -0.4 is 5.32 Å². The number of hydrogen-bond donors (Lipinski definition) is 2. The van der Waals surface area contributed by atoms with Gasteiger partial charge in [-0.25, -0.2) is 14.1 Å². The maximum Gasteiger partial charge on any atom is 0.293 e. The number of hydrogen-bond acceptors (Lipinski definition) is 5. The maximum absolute atomic E-state index is 14.7. The Labute approximate surface area is 206 Å². The van der Waals surface area contributed by atoms with Crippen molar-refractivity contribution in [1.82, 2.24) is 19.7 Å². The maximum atomic E-state index is 14.7. The molecule has 3 heterocycles. The van der Waals surface area contributed by atoms with Crippen LogP contribution in [0.4, 0.5) is 18.9 Å². The van der Waals surface area contributed by atoms with E-state index in [1.807, 2.05) is 13.0 Å². The Morgan fingerprint density at radius 2 is 2.00 bits per heavy atom. The van der Waals surface area contributed by atoms with Gasteiger partial charge in [0.05, 0.1) is 41.1 Å². The summed E-state index contributed by atoms with van der Waals surface area (Å²) in [5.41, 5.74) is 3.12. The second kappa shape index (κ2) is 10.1. The summed E-state index contributed by atoms with van der Waals surface area (Å²) >= 11 is 0. The number of nitrogens with zero attached hydrogens (tertiary/aromatic N) is 4. The summed E-state index contributed by atoms with van der Waals surface area (Å²) in [6.07, 6.45) is 9.22. The molecule has 4 rings (SSSR count). The van der Waals surface area contributed by atoms with Gasteiger partial charge in [-0.3, -0.25) is 9.78 Å². The van der Waals surface area contributed by atoms with Crippen molar-refractivity contribution in [3.8, 4) is 5.82 Å². The molecule has 0 bridgehead atoms. The quantitative estimate of drug-likeness (QED) is 0.453. The Balaban J connectivity index is 1.53. The molecule has 0 saturated carbocycles. The fourth-order valence-electron chi connectivity index (χ4n) is 4.13. The van der Waals surface area contributed by atoms with Crippen molar-refractivity contribution in [2.45, 2.75) is 52.1 Å². The number of nitrogens with one attached hydrogen (secondary N) is 1. The largest absolute Gasteiger partial charge is 0.393 e. The Hall–Kier alpha value is -3.79. The molecule has 0 aliphatic heterocycles. The van der Waals surface area contributed by atoms with Crippen molar-refractivity contribution < 1.29 is 23.1 Å². The number of carbonyl (C=O) groups is 1. The third-order valence-electron chi connectivity index (χ3n) is 6.06. The van der Waals surface area contributed by atoms with Crippen molar-refractivity contribution in [3.63, 3.8) is 0 Å². The van der Waals surface area contributed by atoms with Gasteiger partial charge in [0.2, 0.25) is 0 Å². The van der Waals surface area contributed by atoms with Crippen molar-refractivity contribution in [2.24, 2.45) is 0 Å². The minimum Gasteiger partial charge on any atom is -0.393 e. The fraction of sp³-hybridized carbons (Fsp3) is 0.308. The van der Waals surface area contributed by atoms with E-state index >= 15 is 0 Å². The zero-order valence-corrected chi connectivity index (χ0v) is 20.1. The van der Waals surface area contributed by atoms with Gasteiger partial charge in [-0.05, 0) is 69.4 Å². The Bertz CT molecular complexity index is 1360. The van der Waals surface area contributed by atoms with E-state index < -0.39 is 23.2 Å². The second-order valence-electron chi connectivity index (χ2n) is 8.71. The average Bonchev–Trinajstić information content (AvgIpc) is 3.21. The number of anilines is 1. The number of pyridine rings is 2. The van der Waals surface area contributed by atoms with Crippen LogP contribution in [0.3, 0.4) is 0 Å². The van der Waals surface area contributed by atoms with Gasteiger partial charge in [-0.2, -0.15) is 13.9 Å². The van der Waals surface area contributed by atoms with E-state index in [0.717, 1.165) is 34.1 Å². The van der Waals surface area contributed by atoms with E-state index in [1.54, 1.807) is 19.2 Å². The zero-order valence-electron chi connectivity index (χ0n) is 20.1. The molecule has 188 valence electrons. The van der Waals surface area contributed by atoms with E-state index in [4.69, 9.17) is 0 Å². The first-order valence-electron chi connectivity index (χ1n) is 11.5. The molecular weight excluding hydrogens is 471 g/mol. The SMILES string of the molecule is C/C=C/C(F)(F)c1cnc(-n2ncc(C(=O)Nc3cnc(C4=CCC(O)CC4)c(C)c3)c2C)c(F)c1. The van der Waals surface area contributed by atoms with Crippen LogP contribution in [0.25, 0.3) is 11.4 Å². The summed E-state index contributed by atoms with van der Waals surface area (Å²) in [6, 6.07) is 2.51. The van der Waals surface area contributed by atoms with Crippen LogP contribution in [0.1, 0.15) is 59.1 Å². The van der Waals surface area contributed by atoms with Crippen molar-refractivity contribution in [2.75, 3.05) is 5.32 Å². The van der Waals surface area contributed by atoms with E-state index in [0.29, 0.717) is 36.4 Å². The third-order valence-corrected chi connectivity index (χ3v) is 6.06. The average molecular weight is 498 g/mol. The monoisotopic (exact) mass is 497 g/mol. The summed E-state index contributed by atoms with van der Waals surface area (Å²) in [5, 5.41) is 16.5. The number of aromatic nitrogens is 4. The molecule has 2 N–H and O–H groups in total. The minimum atomic E-state index is -3.36. The first-order chi connectivity index (χ1) is 17.1. The molecule has 1 aliphatic rings. The summed E-state index contributed by atoms with van der Waals surface area (Å²) < 4.78 is 43.9. The van der Waals surface area contributed by atoms with Crippen molar-refractivity contribution in [1.29, 1.82) is 0 Å². The Kier molecular flexibility index (Phi) is 7.07. The Morgan fingerprint density at radius 3 is 2.64 bits per heavy atom. The molecule has 1 aliphatic carbocycles. The van der Waals surface area contributed by atoms with Crippen LogP contribution in [0.2, 0.25) is 0 Å². The molecule has 0 radical (unpaired) electrons. The van der Waals surface area contributed by atoms with Gasteiger partial charge in [0.1, 0.15) is 0 Å². The standard InChI is InChI=1S/C26H26F3N5O2/c1-4-9-26(28,29)18-11-22(27)24(31-12-18)34-16(3)21(14-32-34)25(36)33-19-10-15(2)23(30-13-19)17-5-7-20(35)8-6-17/h4-5,9-14,20,35H,6-8H2,1-3H3,(H,33,36)/b9-4+. The number of halogens is 3. The van der Waals surface area contributed by atoms with E-state index in [2.05, 4.69) is 20.4 Å². The van der Waals surface area contributed by atoms with Crippen LogP contribution in [0.15, 0.2) is 49.0 Å². The summed E-state index contributed by atoms with van der Waals surface area (Å²) in [5.74, 6) is -5.12. The molecule has 3 aromatic heterocycles. The molecule has 10 heteroatoms. The van der Waals surface area contributed by atoms with Gasteiger partial charge in [0.15, 0.2) is 11.6 Å². The smallest absolute Gasteiger partial charge is 0.293 e. The van der Waals surface area contributed by atoms with Gasteiger partial charge in [0, 0.05) is 11.8 Å². The topological polar surface area (TPSA) is 92.9 Å². The molecule has 36 heavy (non-hydrogen) atoms. The highest BCUT2D eigenvalue weighted by Crippen LogP contribution is 2.31. The summed E-state index contributed by atoms with van der Waals surface area (Å²) in [4.78, 5) is 21.2.